The van der Waals surface area contributed by atoms with E-state index in [2.05, 4.69) is 0 Å². The SMILES string of the molecule is NC(=S)c1ccc2ccn(Cc3cccc(Cl)c3F)c2c1. The molecule has 0 bridgehead atoms. The van der Waals surface area contributed by atoms with Gasteiger partial charge in [0.1, 0.15) is 10.8 Å². The minimum Gasteiger partial charge on any atom is -0.389 e. The van der Waals surface area contributed by atoms with Crippen LogP contribution in [0.1, 0.15) is 11.1 Å². The lowest BCUT2D eigenvalue weighted by Gasteiger charge is -2.08. The molecule has 3 aromatic rings. The number of hydrogen-bond acceptors (Lipinski definition) is 1. The fraction of sp³-hybridized carbons (Fsp3) is 0.0625. The van der Waals surface area contributed by atoms with E-state index in [-0.39, 0.29) is 10.8 Å². The highest BCUT2D eigenvalue weighted by Gasteiger charge is 2.09. The van der Waals surface area contributed by atoms with Crippen LogP contribution in [-0.2, 0) is 6.54 Å². The molecule has 0 fully saturated rings. The zero-order valence-electron chi connectivity index (χ0n) is 11.0. The molecule has 3 rings (SSSR count). The van der Waals surface area contributed by atoms with E-state index in [1.165, 1.54) is 0 Å². The summed E-state index contributed by atoms with van der Waals surface area (Å²) >= 11 is 10.8. The van der Waals surface area contributed by atoms with Crippen LogP contribution in [0.25, 0.3) is 10.9 Å². The van der Waals surface area contributed by atoms with Crippen LogP contribution in [0.2, 0.25) is 5.02 Å². The van der Waals surface area contributed by atoms with Gasteiger partial charge in [-0.2, -0.15) is 0 Å². The van der Waals surface area contributed by atoms with Crippen molar-refractivity contribution in [1.82, 2.24) is 4.57 Å². The van der Waals surface area contributed by atoms with Crippen LogP contribution in [-0.4, -0.2) is 9.56 Å². The summed E-state index contributed by atoms with van der Waals surface area (Å²) in [7, 11) is 0. The molecule has 0 aliphatic rings. The number of thiocarbonyl (C=S) groups is 1. The summed E-state index contributed by atoms with van der Waals surface area (Å²) in [6.07, 6.45) is 1.91. The number of nitrogens with zero attached hydrogens (tertiary/aromatic N) is 1. The third-order valence-electron chi connectivity index (χ3n) is 3.43. The van der Waals surface area contributed by atoms with Crippen molar-refractivity contribution in [2.24, 2.45) is 5.73 Å². The summed E-state index contributed by atoms with van der Waals surface area (Å²) in [5.74, 6) is -0.383. The van der Waals surface area contributed by atoms with Crippen LogP contribution in [0.4, 0.5) is 4.39 Å². The lowest BCUT2D eigenvalue weighted by atomic mass is 10.1. The fourth-order valence-corrected chi connectivity index (χ4v) is 2.65. The van der Waals surface area contributed by atoms with Crippen molar-refractivity contribution in [1.29, 1.82) is 0 Å². The molecule has 0 atom stereocenters. The van der Waals surface area contributed by atoms with Crippen molar-refractivity contribution >= 4 is 39.7 Å². The molecule has 1 heterocycles. The predicted octanol–water partition coefficient (Wildman–Crippen LogP) is 4.12. The van der Waals surface area contributed by atoms with E-state index >= 15 is 0 Å². The minimum absolute atomic E-state index is 0.132. The topological polar surface area (TPSA) is 30.9 Å². The number of halogens is 2. The van der Waals surface area contributed by atoms with E-state index in [9.17, 15) is 4.39 Å². The largest absolute Gasteiger partial charge is 0.389 e. The van der Waals surface area contributed by atoms with Gasteiger partial charge in [-0.25, -0.2) is 4.39 Å². The smallest absolute Gasteiger partial charge is 0.146 e. The van der Waals surface area contributed by atoms with Gasteiger partial charge in [-0.3, -0.25) is 0 Å². The Balaban J connectivity index is 2.06. The molecule has 106 valence electrons. The van der Waals surface area contributed by atoms with Gasteiger partial charge < -0.3 is 10.3 Å². The van der Waals surface area contributed by atoms with Crippen molar-refractivity contribution in [2.45, 2.75) is 6.54 Å². The molecule has 5 heteroatoms. The molecule has 0 amide bonds. The van der Waals surface area contributed by atoms with Crippen LogP contribution < -0.4 is 5.73 Å². The molecular formula is C16H12ClFN2S. The number of nitrogens with two attached hydrogens (primary N) is 1. The fourth-order valence-electron chi connectivity index (χ4n) is 2.33. The molecule has 0 aliphatic carbocycles. The van der Waals surface area contributed by atoms with Crippen molar-refractivity contribution in [2.75, 3.05) is 0 Å². The minimum atomic E-state index is -0.383. The van der Waals surface area contributed by atoms with Gasteiger partial charge in [0.05, 0.1) is 11.6 Å². The van der Waals surface area contributed by atoms with E-state index < -0.39 is 0 Å². The summed E-state index contributed by atoms with van der Waals surface area (Å²) < 4.78 is 16.0. The van der Waals surface area contributed by atoms with E-state index in [0.717, 1.165) is 16.5 Å². The average Bonchev–Trinajstić information content (AvgIpc) is 2.86. The molecule has 21 heavy (non-hydrogen) atoms. The van der Waals surface area contributed by atoms with Gasteiger partial charge >= 0.3 is 0 Å². The van der Waals surface area contributed by atoms with Crippen LogP contribution in [0, 0.1) is 5.82 Å². The molecule has 0 radical (unpaired) electrons. The summed E-state index contributed by atoms with van der Waals surface area (Å²) in [4.78, 5) is 0.346. The molecule has 0 saturated heterocycles. The van der Waals surface area contributed by atoms with Gasteiger partial charge in [-0.05, 0) is 23.6 Å². The monoisotopic (exact) mass is 318 g/mol. The Bertz CT molecular complexity index is 841. The molecule has 0 unspecified atom stereocenters. The Labute approximate surface area is 131 Å². The lowest BCUT2D eigenvalue weighted by molar-refractivity contribution is 0.602. The Morgan fingerprint density at radius 3 is 2.81 bits per heavy atom. The maximum Gasteiger partial charge on any atom is 0.146 e. The Morgan fingerprint density at radius 1 is 1.24 bits per heavy atom. The van der Waals surface area contributed by atoms with E-state index in [1.54, 1.807) is 18.2 Å². The maximum absolute atomic E-state index is 14.0. The zero-order chi connectivity index (χ0) is 15.0. The Hall–Kier alpha value is -1.91. The van der Waals surface area contributed by atoms with Gasteiger partial charge in [-0.1, -0.05) is 48.1 Å². The summed E-state index contributed by atoms with van der Waals surface area (Å²) in [6.45, 7) is 0.399. The third-order valence-corrected chi connectivity index (χ3v) is 3.96. The second-order valence-electron chi connectivity index (χ2n) is 4.79. The first kappa shape index (κ1) is 14.0. The predicted molar refractivity (Wildman–Crippen MR) is 88.3 cm³/mol. The maximum atomic E-state index is 14.0. The quantitative estimate of drug-likeness (QED) is 0.737. The van der Waals surface area contributed by atoms with Gasteiger partial charge in [0, 0.05) is 22.8 Å². The molecular weight excluding hydrogens is 307 g/mol. The van der Waals surface area contributed by atoms with Gasteiger partial charge in [0.25, 0.3) is 0 Å². The summed E-state index contributed by atoms with van der Waals surface area (Å²) in [5.41, 5.74) is 7.96. The lowest BCUT2D eigenvalue weighted by Crippen LogP contribution is -2.09. The Morgan fingerprint density at radius 2 is 2.05 bits per heavy atom. The first-order valence-corrected chi connectivity index (χ1v) is 7.16. The highest BCUT2D eigenvalue weighted by molar-refractivity contribution is 7.80. The number of hydrogen-bond donors (Lipinski definition) is 1. The molecule has 0 spiro atoms. The highest BCUT2D eigenvalue weighted by Crippen LogP contribution is 2.22. The first-order valence-electron chi connectivity index (χ1n) is 6.38. The van der Waals surface area contributed by atoms with E-state index in [0.29, 0.717) is 17.1 Å². The normalized spacial score (nSPS) is 11.0. The van der Waals surface area contributed by atoms with Crippen LogP contribution >= 0.6 is 23.8 Å². The van der Waals surface area contributed by atoms with Crippen molar-refractivity contribution < 1.29 is 4.39 Å². The van der Waals surface area contributed by atoms with Crippen molar-refractivity contribution in [3.05, 3.63) is 70.6 Å². The average molecular weight is 319 g/mol. The number of rotatable bonds is 3. The van der Waals surface area contributed by atoms with Crippen LogP contribution in [0.15, 0.2) is 48.7 Å². The Kier molecular flexibility index (Phi) is 3.66. The number of fused-ring (bicyclic) bond motifs is 1. The summed E-state index contributed by atoms with van der Waals surface area (Å²) in [6, 6.07) is 12.7. The zero-order valence-corrected chi connectivity index (χ0v) is 12.6. The molecule has 2 N–H and O–H groups in total. The van der Waals surface area contributed by atoms with Crippen LogP contribution in [0.5, 0.6) is 0 Å². The third kappa shape index (κ3) is 2.64. The molecule has 0 aliphatic heterocycles. The van der Waals surface area contributed by atoms with Crippen molar-refractivity contribution in [3.63, 3.8) is 0 Å². The first-order chi connectivity index (χ1) is 10.1. The van der Waals surface area contributed by atoms with Crippen LogP contribution in [0.3, 0.4) is 0 Å². The second kappa shape index (κ2) is 5.47. The van der Waals surface area contributed by atoms with Crippen molar-refractivity contribution in [3.8, 4) is 0 Å². The standard InChI is InChI=1S/C16H12ClFN2S/c17-13-3-1-2-12(15(13)18)9-20-7-6-10-4-5-11(16(19)21)8-14(10)20/h1-8H,9H2,(H2,19,21). The van der Waals surface area contributed by atoms with E-state index in [4.69, 9.17) is 29.6 Å². The number of benzene rings is 2. The molecule has 1 aromatic heterocycles. The number of aromatic nitrogens is 1. The molecule has 2 nitrogen and oxygen atoms in total. The van der Waals surface area contributed by atoms with E-state index in [1.807, 2.05) is 35.0 Å². The van der Waals surface area contributed by atoms with Gasteiger partial charge in [-0.15, -0.1) is 0 Å². The molecule has 2 aromatic carbocycles. The highest BCUT2D eigenvalue weighted by atomic mass is 35.5. The second-order valence-corrected chi connectivity index (χ2v) is 5.64. The van der Waals surface area contributed by atoms with Gasteiger partial charge in [0.2, 0.25) is 0 Å². The van der Waals surface area contributed by atoms with Gasteiger partial charge in [0.15, 0.2) is 0 Å². The molecule has 0 saturated carbocycles. The summed E-state index contributed by atoms with van der Waals surface area (Å²) in [5, 5.41) is 1.19.